The smallest absolute Gasteiger partial charge is 0.0737 e. The molecule has 4 nitrogen and oxygen atoms in total. The van der Waals surface area contributed by atoms with Crippen LogP contribution in [0.15, 0.2) is 167 Å². The van der Waals surface area contributed by atoms with Crippen molar-refractivity contribution < 1.29 is 0 Å². The van der Waals surface area contributed by atoms with Gasteiger partial charge in [-0.3, -0.25) is 0 Å². The molecule has 9 rings (SSSR count). The number of aromatic amines is 1. The van der Waals surface area contributed by atoms with Crippen LogP contribution in [-0.4, -0.2) is 21.0 Å². The van der Waals surface area contributed by atoms with Crippen LogP contribution in [0.1, 0.15) is 33.5 Å². The van der Waals surface area contributed by atoms with Crippen molar-refractivity contribution in [2.75, 3.05) is 0 Å². The van der Waals surface area contributed by atoms with Crippen molar-refractivity contribution in [2.45, 2.75) is 0 Å². The molecule has 0 radical (unpaired) electrons. The molecule has 3 aliphatic rings. The van der Waals surface area contributed by atoms with Crippen LogP contribution in [-0.2, 0) is 7.05 Å². The number of aromatic nitrogens is 2. The van der Waals surface area contributed by atoms with Crippen LogP contribution in [0.5, 0.6) is 0 Å². The van der Waals surface area contributed by atoms with E-state index in [1.807, 2.05) is 97.1 Å². The molecule has 0 aliphatic carbocycles. The summed E-state index contributed by atoms with van der Waals surface area (Å²) in [5.74, 6) is 0. The number of nitrogens with zero attached hydrogens (tertiary/aromatic N) is 3. The lowest BCUT2D eigenvalue weighted by Gasteiger charge is -2.12. The molecule has 6 aromatic rings. The van der Waals surface area contributed by atoms with Gasteiger partial charge in [0.15, 0.2) is 0 Å². The Morgan fingerprint density at radius 3 is 1.25 bits per heavy atom. The van der Waals surface area contributed by atoms with Crippen LogP contribution in [0, 0.1) is 0 Å². The van der Waals surface area contributed by atoms with Crippen LogP contribution < -0.4 is 10.7 Å². The third-order valence-electron chi connectivity index (χ3n) is 9.61. The molecule has 8 bridgehead atoms. The Morgan fingerprint density at radius 2 is 0.811 bits per heavy atom. The summed E-state index contributed by atoms with van der Waals surface area (Å²) in [6.45, 7) is 0. The van der Waals surface area contributed by atoms with Gasteiger partial charge in [-0.05, 0) is 113 Å². The van der Waals surface area contributed by atoms with Crippen molar-refractivity contribution in [3.63, 3.8) is 0 Å². The Morgan fingerprint density at radius 1 is 0.434 bits per heavy atom. The van der Waals surface area contributed by atoms with Crippen LogP contribution in [0.25, 0.3) is 22.3 Å². The van der Waals surface area contributed by atoms with Gasteiger partial charge in [0.1, 0.15) is 0 Å². The average Bonchev–Trinajstić information content (AvgIpc) is 3.99. The second-order valence-electron chi connectivity index (χ2n) is 13.0. The predicted molar refractivity (Wildman–Crippen MR) is 221 cm³/mol. The van der Waals surface area contributed by atoms with Gasteiger partial charge in [0.05, 0.1) is 28.5 Å². The standard InChI is InChI=1S/C45H28Cl4N4/c1-53-25-30-24-41(53)45(29-8-16-34(49)17-9-29)40-23-22-39(52-40)44(28-6-14-33(48)15-7-28)38-21-20-37(51-38)43(27-4-12-32(47)13-5-27)36-19-18-35(50-36)42(30)26-2-10-31(46)11-3-26/h2-25,51H,1H3. The molecule has 4 aromatic carbocycles. The number of halogens is 4. The zero-order valence-electron chi connectivity index (χ0n) is 28.2. The SMILES string of the molecule is Cn1cc2cc1C(c1ccc(Cl)cc1)=C1C=CC(=N1)C(c1ccc(Cl)cc1)=c1ccc([nH]1)=C(c1ccc(Cl)cc1)C1=NC(=C2c2ccc(Cl)cc2)C=C1. The fourth-order valence-electron chi connectivity index (χ4n) is 7.16. The van der Waals surface area contributed by atoms with Crippen molar-refractivity contribution >= 4 is 80.1 Å². The molecule has 0 amide bonds. The molecule has 256 valence electrons. The molecule has 2 aromatic heterocycles. The van der Waals surface area contributed by atoms with Gasteiger partial charge in [0, 0.05) is 71.9 Å². The van der Waals surface area contributed by atoms with E-state index >= 15 is 0 Å². The van der Waals surface area contributed by atoms with Gasteiger partial charge in [0.2, 0.25) is 0 Å². The first-order valence-corrected chi connectivity index (χ1v) is 18.5. The molecule has 0 saturated carbocycles. The van der Waals surface area contributed by atoms with Crippen molar-refractivity contribution in [3.8, 4) is 0 Å². The molecule has 0 spiro atoms. The number of rotatable bonds is 4. The first-order valence-electron chi connectivity index (χ1n) is 17.0. The number of aliphatic imine (C=N–C) groups is 2. The van der Waals surface area contributed by atoms with Crippen LogP contribution in [0.4, 0.5) is 0 Å². The average molecular weight is 767 g/mol. The fourth-order valence-corrected chi connectivity index (χ4v) is 7.66. The number of fused-ring (bicyclic) bond motifs is 6. The van der Waals surface area contributed by atoms with Gasteiger partial charge in [-0.1, -0.05) is 94.9 Å². The molecule has 0 saturated heterocycles. The molecule has 1 N–H and O–H groups in total. The summed E-state index contributed by atoms with van der Waals surface area (Å²) < 4.78 is 2.15. The van der Waals surface area contributed by atoms with Gasteiger partial charge >= 0.3 is 0 Å². The zero-order chi connectivity index (χ0) is 36.2. The number of nitrogens with one attached hydrogen (secondary N) is 1. The van der Waals surface area contributed by atoms with E-state index in [2.05, 4.69) is 65.3 Å². The second-order valence-corrected chi connectivity index (χ2v) is 14.7. The van der Waals surface area contributed by atoms with Crippen LogP contribution in [0.3, 0.4) is 0 Å². The first kappa shape index (κ1) is 33.5. The first-order chi connectivity index (χ1) is 25.8. The van der Waals surface area contributed by atoms with E-state index in [-0.39, 0.29) is 0 Å². The third-order valence-corrected chi connectivity index (χ3v) is 10.6. The Kier molecular flexibility index (Phi) is 8.57. The van der Waals surface area contributed by atoms with Gasteiger partial charge < -0.3 is 9.55 Å². The number of allylic oxidation sites excluding steroid dienone is 4. The topological polar surface area (TPSA) is 45.4 Å². The normalized spacial score (nSPS) is 15.1. The minimum absolute atomic E-state index is 0.662. The maximum Gasteiger partial charge on any atom is 0.0737 e. The number of benzene rings is 4. The highest BCUT2D eigenvalue weighted by molar-refractivity contribution is 6.33. The van der Waals surface area contributed by atoms with E-state index in [4.69, 9.17) is 56.4 Å². The summed E-state index contributed by atoms with van der Waals surface area (Å²) in [6, 6.07) is 38.0. The Bertz CT molecular complexity index is 2770. The van der Waals surface area contributed by atoms with Gasteiger partial charge in [-0.25, -0.2) is 9.98 Å². The fraction of sp³-hybridized carbons (Fsp3) is 0.0222. The maximum atomic E-state index is 6.40. The zero-order valence-corrected chi connectivity index (χ0v) is 31.2. The molecule has 5 heterocycles. The Labute approximate surface area is 326 Å². The number of hydrogen-bond acceptors (Lipinski definition) is 2. The summed E-state index contributed by atoms with van der Waals surface area (Å²) >= 11 is 25.6. The van der Waals surface area contributed by atoms with Crippen molar-refractivity contribution in [1.82, 2.24) is 9.55 Å². The molecule has 53 heavy (non-hydrogen) atoms. The largest absolute Gasteiger partial charge is 0.354 e. The summed E-state index contributed by atoms with van der Waals surface area (Å²) in [4.78, 5) is 14.5. The van der Waals surface area contributed by atoms with E-state index in [0.29, 0.717) is 20.1 Å². The summed E-state index contributed by atoms with van der Waals surface area (Å²) in [5.41, 5.74) is 13.1. The second kappa shape index (κ2) is 13.6. The molecular weight excluding hydrogens is 738 g/mol. The van der Waals surface area contributed by atoms with Crippen molar-refractivity contribution in [2.24, 2.45) is 17.0 Å². The Balaban J connectivity index is 1.42. The summed E-state index contributed by atoms with van der Waals surface area (Å²) in [6.07, 6.45) is 10.5. The minimum atomic E-state index is 0.662. The number of H-pyrrole nitrogens is 1. The van der Waals surface area contributed by atoms with Crippen LogP contribution >= 0.6 is 46.4 Å². The molecule has 0 fully saturated rings. The lowest BCUT2D eigenvalue weighted by molar-refractivity contribution is 0.907. The highest BCUT2D eigenvalue weighted by Gasteiger charge is 2.24. The molecule has 0 atom stereocenters. The van der Waals surface area contributed by atoms with E-state index in [1.165, 1.54) is 0 Å². The monoisotopic (exact) mass is 764 g/mol. The van der Waals surface area contributed by atoms with E-state index in [9.17, 15) is 0 Å². The van der Waals surface area contributed by atoms with Gasteiger partial charge in [0.25, 0.3) is 0 Å². The summed E-state index contributed by atoms with van der Waals surface area (Å²) in [5, 5.41) is 4.46. The highest BCUT2D eigenvalue weighted by atomic mass is 35.5. The predicted octanol–water partition coefficient (Wildman–Crippen LogP) is 10.6. The van der Waals surface area contributed by atoms with E-state index in [0.717, 1.165) is 89.3 Å². The number of hydrogen-bond donors (Lipinski definition) is 1. The van der Waals surface area contributed by atoms with Crippen molar-refractivity contribution in [1.29, 1.82) is 0 Å². The molecular formula is C45H28Cl4N4. The van der Waals surface area contributed by atoms with Crippen LogP contribution in [0.2, 0.25) is 20.1 Å². The lowest BCUT2D eigenvalue weighted by Crippen LogP contribution is -2.21. The molecule has 8 heteroatoms. The Hall–Kier alpha value is -5.36. The van der Waals surface area contributed by atoms with Gasteiger partial charge in [-0.15, -0.1) is 0 Å². The quantitative estimate of drug-likeness (QED) is 0.186. The lowest BCUT2D eigenvalue weighted by atomic mass is 9.96. The van der Waals surface area contributed by atoms with E-state index < -0.39 is 0 Å². The molecule has 3 aliphatic heterocycles. The van der Waals surface area contributed by atoms with Crippen molar-refractivity contribution in [3.05, 3.63) is 221 Å². The van der Waals surface area contributed by atoms with E-state index in [1.54, 1.807) is 0 Å². The highest BCUT2D eigenvalue weighted by Crippen LogP contribution is 2.38. The maximum absolute atomic E-state index is 6.40. The third kappa shape index (κ3) is 6.28. The molecule has 0 unspecified atom stereocenters. The van der Waals surface area contributed by atoms with Gasteiger partial charge in [-0.2, -0.15) is 0 Å². The number of aryl methyl sites for hydroxylation is 1. The minimum Gasteiger partial charge on any atom is -0.354 e. The summed E-state index contributed by atoms with van der Waals surface area (Å²) in [7, 11) is 2.06.